The summed E-state index contributed by atoms with van der Waals surface area (Å²) in [6.45, 7) is 1.56. The summed E-state index contributed by atoms with van der Waals surface area (Å²) >= 11 is 5.68. The fourth-order valence-corrected chi connectivity index (χ4v) is 3.60. The number of halogens is 1. The number of aromatic nitrogens is 1. The monoisotopic (exact) mass is 360 g/mol. The van der Waals surface area contributed by atoms with Gasteiger partial charge < -0.3 is 4.74 Å². The first-order chi connectivity index (χ1) is 10.9. The van der Waals surface area contributed by atoms with Crippen molar-refractivity contribution in [3.05, 3.63) is 23.4 Å². The molecule has 1 amide bonds. The van der Waals surface area contributed by atoms with Gasteiger partial charge in [0.1, 0.15) is 6.10 Å². The minimum absolute atomic E-state index is 0.00890. The Morgan fingerprint density at radius 2 is 1.96 bits per heavy atom. The van der Waals surface area contributed by atoms with Crippen LogP contribution >= 0.6 is 11.6 Å². The normalized spacial score (nSPS) is 18.2. The minimum Gasteiger partial charge on any atom is -0.365 e. The van der Waals surface area contributed by atoms with Gasteiger partial charge in [0.15, 0.2) is 5.03 Å². The van der Waals surface area contributed by atoms with Crippen molar-refractivity contribution >= 4 is 27.5 Å². The maximum atomic E-state index is 12.1. The third kappa shape index (κ3) is 5.44. The molecule has 128 valence electrons. The minimum atomic E-state index is -4.02. The molecule has 1 atom stereocenters. The van der Waals surface area contributed by atoms with Gasteiger partial charge >= 0.3 is 0 Å². The van der Waals surface area contributed by atoms with Crippen molar-refractivity contribution in [3.63, 3.8) is 0 Å². The van der Waals surface area contributed by atoms with Crippen molar-refractivity contribution in [1.29, 1.82) is 0 Å². The number of pyridine rings is 1. The lowest BCUT2D eigenvalue weighted by molar-refractivity contribution is -0.133. The maximum absolute atomic E-state index is 12.1. The van der Waals surface area contributed by atoms with Crippen molar-refractivity contribution in [2.75, 3.05) is 0 Å². The molecule has 1 aromatic heterocycles. The van der Waals surface area contributed by atoms with E-state index in [4.69, 9.17) is 16.3 Å². The van der Waals surface area contributed by atoms with E-state index in [-0.39, 0.29) is 11.1 Å². The number of nitrogens with one attached hydrogen (secondary N) is 1. The zero-order valence-electron chi connectivity index (χ0n) is 13.0. The van der Waals surface area contributed by atoms with Crippen molar-refractivity contribution in [2.45, 2.75) is 62.7 Å². The molecule has 1 aliphatic rings. The maximum Gasteiger partial charge on any atom is 0.281 e. The van der Waals surface area contributed by atoms with Crippen LogP contribution in [0.15, 0.2) is 23.4 Å². The summed E-state index contributed by atoms with van der Waals surface area (Å²) in [6.07, 6.45) is 6.71. The molecule has 1 fully saturated rings. The predicted octanol–water partition coefficient (Wildman–Crippen LogP) is 2.67. The number of carbonyl (C=O) groups is 1. The Morgan fingerprint density at radius 1 is 1.30 bits per heavy atom. The smallest absolute Gasteiger partial charge is 0.281 e. The van der Waals surface area contributed by atoms with Crippen LogP contribution in [0.2, 0.25) is 5.02 Å². The topological polar surface area (TPSA) is 85.4 Å². The van der Waals surface area contributed by atoms with Crippen molar-refractivity contribution in [3.8, 4) is 0 Å². The van der Waals surface area contributed by atoms with Crippen LogP contribution in [-0.2, 0) is 19.6 Å². The Labute approximate surface area is 141 Å². The number of ether oxygens (including phenoxy) is 1. The molecular formula is C15H21ClN2O4S. The lowest BCUT2D eigenvalue weighted by Crippen LogP contribution is -2.40. The molecule has 1 saturated carbocycles. The molecule has 2 rings (SSSR count). The average molecular weight is 361 g/mol. The Bertz CT molecular complexity index is 625. The van der Waals surface area contributed by atoms with Crippen LogP contribution in [0.25, 0.3) is 0 Å². The highest BCUT2D eigenvalue weighted by atomic mass is 35.5. The second-order valence-electron chi connectivity index (χ2n) is 5.68. The lowest BCUT2D eigenvalue weighted by atomic mass is 10.1. The van der Waals surface area contributed by atoms with Gasteiger partial charge in [0.2, 0.25) is 0 Å². The first-order valence-electron chi connectivity index (χ1n) is 7.72. The van der Waals surface area contributed by atoms with E-state index in [1.165, 1.54) is 31.2 Å². The van der Waals surface area contributed by atoms with E-state index in [1.807, 2.05) is 4.72 Å². The summed E-state index contributed by atoms with van der Waals surface area (Å²) in [5, 5.41) is 0.0669. The van der Waals surface area contributed by atoms with Crippen LogP contribution in [0.4, 0.5) is 0 Å². The second-order valence-corrected chi connectivity index (χ2v) is 7.74. The Morgan fingerprint density at radius 3 is 2.52 bits per heavy atom. The van der Waals surface area contributed by atoms with Crippen molar-refractivity contribution in [1.82, 2.24) is 9.71 Å². The molecule has 1 unspecified atom stereocenters. The first kappa shape index (κ1) is 18.2. The molecule has 1 aliphatic carbocycles. The SMILES string of the molecule is CC(OC1CCCCCC1)C(=O)NS(=O)(=O)c1ccc(Cl)cn1. The van der Waals surface area contributed by atoms with Gasteiger partial charge in [-0.1, -0.05) is 37.3 Å². The fourth-order valence-electron chi connectivity index (χ4n) is 2.52. The van der Waals surface area contributed by atoms with Crippen LogP contribution < -0.4 is 4.72 Å². The van der Waals surface area contributed by atoms with E-state index in [0.717, 1.165) is 25.7 Å². The number of sulfonamides is 1. The summed E-state index contributed by atoms with van der Waals surface area (Å²) < 4.78 is 31.9. The molecule has 1 heterocycles. The van der Waals surface area contributed by atoms with Gasteiger partial charge in [-0.05, 0) is 31.9 Å². The first-order valence-corrected chi connectivity index (χ1v) is 9.58. The van der Waals surface area contributed by atoms with Crippen molar-refractivity contribution < 1.29 is 17.9 Å². The van der Waals surface area contributed by atoms with Gasteiger partial charge in [-0.25, -0.2) is 9.71 Å². The van der Waals surface area contributed by atoms with Crippen LogP contribution in [0.5, 0.6) is 0 Å². The van der Waals surface area contributed by atoms with Crippen LogP contribution in [-0.4, -0.2) is 31.5 Å². The van der Waals surface area contributed by atoms with Crippen LogP contribution in [0, 0.1) is 0 Å². The summed E-state index contributed by atoms with van der Waals surface area (Å²) in [4.78, 5) is 15.8. The standard InChI is InChI=1S/C15H21ClN2O4S/c1-11(22-13-6-4-2-3-5-7-13)15(19)18-23(20,21)14-9-8-12(16)10-17-14/h8-11,13H,2-7H2,1H3,(H,18,19). The van der Waals surface area contributed by atoms with E-state index in [2.05, 4.69) is 4.98 Å². The van der Waals surface area contributed by atoms with E-state index in [0.29, 0.717) is 5.02 Å². The molecule has 0 bridgehead atoms. The zero-order valence-corrected chi connectivity index (χ0v) is 14.6. The summed E-state index contributed by atoms with van der Waals surface area (Å²) in [5.74, 6) is -0.689. The van der Waals surface area contributed by atoms with E-state index in [9.17, 15) is 13.2 Å². The van der Waals surface area contributed by atoms with E-state index < -0.39 is 22.0 Å². The Kier molecular flexibility index (Phi) is 6.38. The Hall–Kier alpha value is -1.18. The average Bonchev–Trinajstić information content (AvgIpc) is 2.76. The van der Waals surface area contributed by atoms with Gasteiger partial charge in [0.25, 0.3) is 15.9 Å². The lowest BCUT2D eigenvalue weighted by Gasteiger charge is -2.20. The third-order valence-electron chi connectivity index (χ3n) is 3.78. The van der Waals surface area contributed by atoms with Gasteiger partial charge in [0, 0.05) is 6.20 Å². The van der Waals surface area contributed by atoms with Gasteiger partial charge in [0.05, 0.1) is 11.1 Å². The van der Waals surface area contributed by atoms with Crippen LogP contribution in [0.1, 0.15) is 45.4 Å². The van der Waals surface area contributed by atoms with Gasteiger partial charge in [-0.2, -0.15) is 8.42 Å². The van der Waals surface area contributed by atoms with E-state index >= 15 is 0 Å². The highest BCUT2D eigenvalue weighted by Crippen LogP contribution is 2.21. The second kappa shape index (κ2) is 8.08. The summed E-state index contributed by atoms with van der Waals surface area (Å²) in [7, 11) is -4.02. The van der Waals surface area contributed by atoms with E-state index in [1.54, 1.807) is 6.92 Å². The van der Waals surface area contributed by atoms with Gasteiger partial charge in [-0.3, -0.25) is 4.79 Å². The van der Waals surface area contributed by atoms with Gasteiger partial charge in [-0.15, -0.1) is 0 Å². The zero-order chi connectivity index (χ0) is 16.9. The molecule has 23 heavy (non-hydrogen) atoms. The fraction of sp³-hybridized carbons (Fsp3) is 0.600. The molecule has 8 heteroatoms. The van der Waals surface area contributed by atoms with Crippen molar-refractivity contribution in [2.24, 2.45) is 0 Å². The molecule has 0 aliphatic heterocycles. The Balaban J connectivity index is 1.95. The molecule has 0 radical (unpaired) electrons. The van der Waals surface area contributed by atoms with Crippen LogP contribution in [0.3, 0.4) is 0 Å². The highest BCUT2D eigenvalue weighted by Gasteiger charge is 2.25. The molecule has 0 spiro atoms. The number of rotatable bonds is 5. The number of nitrogens with zero attached hydrogens (tertiary/aromatic N) is 1. The molecule has 0 saturated heterocycles. The highest BCUT2D eigenvalue weighted by molar-refractivity contribution is 7.90. The number of hydrogen-bond donors (Lipinski definition) is 1. The molecule has 6 nitrogen and oxygen atoms in total. The molecule has 1 aromatic rings. The number of carbonyl (C=O) groups excluding carboxylic acids is 1. The summed E-state index contributed by atoms with van der Waals surface area (Å²) in [5.41, 5.74) is 0. The molecule has 0 aromatic carbocycles. The quantitative estimate of drug-likeness (QED) is 0.816. The largest absolute Gasteiger partial charge is 0.365 e. The molecular weight excluding hydrogens is 340 g/mol. The number of hydrogen-bond acceptors (Lipinski definition) is 5. The molecule has 1 N–H and O–H groups in total. The third-order valence-corrected chi connectivity index (χ3v) is 5.26. The number of amides is 1. The summed E-state index contributed by atoms with van der Waals surface area (Å²) in [6, 6.07) is 2.65. The predicted molar refractivity (Wildman–Crippen MR) is 86.6 cm³/mol.